The van der Waals surface area contributed by atoms with E-state index in [-0.39, 0.29) is 10.1 Å². The van der Waals surface area contributed by atoms with E-state index in [1.54, 1.807) is 18.3 Å². The van der Waals surface area contributed by atoms with Crippen LogP contribution < -0.4 is 10.0 Å². The molecule has 1 aliphatic rings. The van der Waals surface area contributed by atoms with Crippen molar-refractivity contribution in [1.29, 1.82) is 0 Å². The summed E-state index contributed by atoms with van der Waals surface area (Å²) in [5.74, 6) is 1.58. The Morgan fingerprint density at radius 3 is 2.76 bits per heavy atom. The normalized spacial score (nSPS) is 14.1. The van der Waals surface area contributed by atoms with Gasteiger partial charge < -0.3 is 10.2 Å². The lowest BCUT2D eigenvalue weighted by Crippen LogP contribution is -2.30. The van der Waals surface area contributed by atoms with Gasteiger partial charge in [0.05, 0.1) is 15.0 Å². The Hall–Kier alpha value is -2.19. The van der Waals surface area contributed by atoms with E-state index < -0.39 is 10.0 Å². The molecule has 1 fully saturated rings. The van der Waals surface area contributed by atoms with Crippen molar-refractivity contribution < 1.29 is 13.2 Å². The van der Waals surface area contributed by atoms with Crippen molar-refractivity contribution in [3.05, 3.63) is 34.6 Å². The molecule has 0 aliphatic heterocycles. The first kappa shape index (κ1) is 24.0. The molecule has 13 heteroatoms. The van der Waals surface area contributed by atoms with Gasteiger partial charge in [-0.2, -0.15) is 0 Å². The van der Waals surface area contributed by atoms with E-state index in [1.165, 1.54) is 11.6 Å². The van der Waals surface area contributed by atoms with E-state index in [1.807, 2.05) is 25.1 Å². The summed E-state index contributed by atoms with van der Waals surface area (Å²) in [4.78, 5) is 23.3. The predicted molar refractivity (Wildman–Crippen MR) is 131 cm³/mol. The Bertz CT molecular complexity index is 1280. The highest BCUT2D eigenvalue weighted by atomic mass is 79.9. The molecule has 1 saturated carbocycles. The summed E-state index contributed by atoms with van der Waals surface area (Å²) < 4.78 is 29.9. The Labute approximate surface area is 204 Å². The summed E-state index contributed by atoms with van der Waals surface area (Å²) >= 11 is 4.54. The highest BCUT2D eigenvalue weighted by Gasteiger charge is 2.29. The molecule has 3 heterocycles. The second kappa shape index (κ2) is 9.58. The maximum atomic E-state index is 12.6. The number of thiophene rings is 1. The molecule has 0 atom stereocenters. The van der Waals surface area contributed by atoms with Crippen LogP contribution in [0.3, 0.4) is 0 Å². The Balaban J connectivity index is 1.55. The number of carbonyl (C=O) groups excluding carboxylic acids is 1. The van der Waals surface area contributed by atoms with Crippen molar-refractivity contribution >= 4 is 54.8 Å². The number of anilines is 2. The fourth-order valence-corrected chi connectivity index (χ4v) is 5.74. The zero-order chi connectivity index (χ0) is 23.8. The molecular weight excluding hydrogens is 530 g/mol. The number of sulfonamides is 1. The van der Waals surface area contributed by atoms with Crippen molar-refractivity contribution in [3.8, 4) is 10.7 Å². The number of likely N-dealkylation sites (N-methyl/N-ethyl adjacent to an activating group) is 1. The zero-order valence-corrected chi connectivity index (χ0v) is 21.6. The molecule has 10 nitrogen and oxygen atoms in total. The summed E-state index contributed by atoms with van der Waals surface area (Å²) in [6.07, 6.45) is 3.69. The molecule has 0 bridgehead atoms. The van der Waals surface area contributed by atoms with Crippen molar-refractivity contribution in [1.82, 2.24) is 29.4 Å². The molecule has 0 saturated heterocycles. The minimum Gasteiger partial charge on any atom is -0.322 e. The number of halogens is 1. The van der Waals surface area contributed by atoms with Gasteiger partial charge in [-0.15, -0.1) is 16.4 Å². The van der Waals surface area contributed by atoms with Gasteiger partial charge in [0.2, 0.25) is 15.9 Å². The number of hydrogen-bond acceptors (Lipinski definition) is 9. The number of carbonyl (C=O) groups is 1. The van der Waals surface area contributed by atoms with Gasteiger partial charge in [0.25, 0.3) is 0 Å². The van der Waals surface area contributed by atoms with Crippen LogP contribution in [0.2, 0.25) is 0 Å². The standard InChI is InChI=1S/C20H24BrN7O3S2/c1-12(29)28-15(13-4-5-13)10-17(26-28)24-19-14(21)11-22-20(25-19)16-6-7-18(32-16)33(30,31)23-8-9-27(2)3/h6-7,10-11,13,23H,4-5,8-9H2,1-3H3,(H,22,24,25,26). The third-order valence-electron chi connectivity index (χ3n) is 4.94. The molecule has 3 aromatic heterocycles. The first-order valence-electron chi connectivity index (χ1n) is 10.3. The van der Waals surface area contributed by atoms with Gasteiger partial charge in [-0.25, -0.2) is 27.8 Å². The summed E-state index contributed by atoms with van der Waals surface area (Å²) in [6.45, 7) is 2.41. The maximum absolute atomic E-state index is 12.6. The van der Waals surface area contributed by atoms with Gasteiger partial charge in [0.1, 0.15) is 10.0 Å². The second-order valence-electron chi connectivity index (χ2n) is 7.99. The van der Waals surface area contributed by atoms with Crippen LogP contribution in [0.4, 0.5) is 11.6 Å². The van der Waals surface area contributed by atoms with Crippen LogP contribution in [0.25, 0.3) is 10.7 Å². The van der Waals surface area contributed by atoms with Crippen LogP contribution in [0, 0.1) is 0 Å². The lowest BCUT2D eigenvalue weighted by Gasteiger charge is -2.09. The maximum Gasteiger partial charge on any atom is 0.250 e. The number of rotatable bonds is 9. The predicted octanol–water partition coefficient (Wildman–Crippen LogP) is 3.29. The molecule has 2 N–H and O–H groups in total. The van der Waals surface area contributed by atoms with Crippen LogP contribution in [-0.4, -0.2) is 66.2 Å². The summed E-state index contributed by atoms with van der Waals surface area (Å²) in [5.41, 5.74) is 0.894. The quantitative estimate of drug-likeness (QED) is 0.413. The SMILES string of the molecule is CC(=O)n1nc(Nc2nc(-c3ccc(S(=O)(=O)NCCN(C)C)s3)ncc2Br)cc1C1CC1. The lowest BCUT2D eigenvalue weighted by molar-refractivity contribution is 0.0918. The van der Waals surface area contributed by atoms with E-state index in [9.17, 15) is 13.2 Å². The molecule has 0 aromatic carbocycles. The average molecular weight is 554 g/mol. The Morgan fingerprint density at radius 2 is 2.09 bits per heavy atom. The summed E-state index contributed by atoms with van der Waals surface area (Å²) in [6, 6.07) is 5.10. The number of hydrogen-bond donors (Lipinski definition) is 2. The number of nitrogens with zero attached hydrogens (tertiary/aromatic N) is 5. The van der Waals surface area contributed by atoms with E-state index >= 15 is 0 Å². The lowest BCUT2D eigenvalue weighted by atomic mass is 10.3. The highest BCUT2D eigenvalue weighted by Crippen LogP contribution is 2.41. The molecule has 3 aromatic rings. The molecule has 0 spiro atoms. The van der Waals surface area contributed by atoms with Crippen molar-refractivity contribution in [2.45, 2.75) is 29.9 Å². The molecule has 0 amide bonds. The zero-order valence-electron chi connectivity index (χ0n) is 18.4. The van der Waals surface area contributed by atoms with Crippen LogP contribution >= 0.6 is 27.3 Å². The van der Waals surface area contributed by atoms with Gasteiger partial charge in [0, 0.05) is 38.2 Å². The molecule has 0 unspecified atom stereocenters. The average Bonchev–Trinajstić information content (AvgIpc) is 3.29. The molecule has 33 heavy (non-hydrogen) atoms. The number of nitrogens with one attached hydrogen (secondary N) is 2. The molecule has 0 radical (unpaired) electrons. The first-order valence-corrected chi connectivity index (χ1v) is 13.4. The van der Waals surface area contributed by atoms with Crippen molar-refractivity contribution in [2.75, 3.05) is 32.5 Å². The van der Waals surface area contributed by atoms with Crippen LogP contribution in [0.1, 0.15) is 36.2 Å². The van der Waals surface area contributed by atoms with E-state index in [4.69, 9.17) is 0 Å². The van der Waals surface area contributed by atoms with Gasteiger partial charge in [-0.3, -0.25) is 4.79 Å². The van der Waals surface area contributed by atoms with E-state index in [0.717, 1.165) is 29.9 Å². The monoisotopic (exact) mass is 553 g/mol. The van der Waals surface area contributed by atoms with Crippen molar-refractivity contribution in [2.24, 2.45) is 0 Å². The van der Waals surface area contributed by atoms with Crippen LogP contribution in [0.5, 0.6) is 0 Å². The highest BCUT2D eigenvalue weighted by molar-refractivity contribution is 9.10. The van der Waals surface area contributed by atoms with Crippen LogP contribution in [0.15, 0.2) is 33.1 Å². The van der Waals surface area contributed by atoms with Gasteiger partial charge in [-0.05, 0) is 55.0 Å². The Kier molecular flexibility index (Phi) is 6.96. The van der Waals surface area contributed by atoms with Crippen LogP contribution in [-0.2, 0) is 10.0 Å². The Morgan fingerprint density at radius 1 is 1.33 bits per heavy atom. The van der Waals surface area contributed by atoms with Gasteiger partial charge >= 0.3 is 0 Å². The van der Waals surface area contributed by atoms with Gasteiger partial charge in [-0.1, -0.05) is 0 Å². The minimum atomic E-state index is -3.61. The fraction of sp³-hybridized carbons (Fsp3) is 0.400. The second-order valence-corrected chi connectivity index (χ2v) is 11.9. The topological polar surface area (TPSA) is 122 Å². The molecule has 4 rings (SSSR count). The molecular formula is C20H24BrN7O3S2. The summed E-state index contributed by atoms with van der Waals surface area (Å²) in [5, 5.41) is 7.52. The third kappa shape index (κ3) is 5.66. The van der Waals surface area contributed by atoms with Gasteiger partial charge in [0.15, 0.2) is 11.6 Å². The van der Waals surface area contributed by atoms with E-state index in [2.05, 4.69) is 41.0 Å². The largest absolute Gasteiger partial charge is 0.322 e. The van der Waals surface area contributed by atoms with Crippen molar-refractivity contribution in [3.63, 3.8) is 0 Å². The third-order valence-corrected chi connectivity index (χ3v) is 8.55. The smallest absolute Gasteiger partial charge is 0.250 e. The fourth-order valence-electron chi connectivity index (χ4n) is 3.13. The van der Waals surface area contributed by atoms with E-state index in [0.29, 0.717) is 45.8 Å². The first-order chi connectivity index (χ1) is 15.6. The molecule has 176 valence electrons. The number of aromatic nitrogens is 4. The molecule has 1 aliphatic carbocycles. The minimum absolute atomic E-state index is 0.140. The summed E-state index contributed by atoms with van der Waals surface area (Å²) in [7, 11) is 0.155.